The molecule has 35 heavy (non-hydrogen) atoms. The van der Waals surface area contributed by atoms with Gasteiger partial charge in [-0.15, -0.1) is 0 Å². The van der Waals surface area contributed by atoms with Crippen LogP contribution >= 0.6 is 11.6 Å². The van der Waals surface area contributed by atoms with Gasteiger partial charge in [-0.25, -0.2) is 9.78 Å². The van der Waals surface area contributed by atoms with Crippen LogP contribution in [0.2, 0.25) is 5.02 Å². The molecule has 1 atom stereocenters. The van der Waals surface area contributed by atoms with Crippen molar-refractivity contribution >= 4 is 34.2 Å². The molecule has 0 aliphatic heterocycles. The van der Waals surface area contributed by atoms with Gasteiger partial charge in [0.25, 0.3) is 5.56 Å². The van der Waals surface area contributed by atoms with Gasteiger partial charge in [0.15, 0.2) is 0 Å². The number of carbonyl (C=O) groups excluding carboxylic acids is 1. The molecular formula is C28H29ClN4O2. The molecule has 0 bridgehead atoms. The number of carbonyl (C=O) groups is 1. The first-order valence-corrected chi connectivity index (χ1v) is 12.1. The second-order valence-electron chi connectivity index (χ2n) is 8.71. The molecule has 0 saturated heterocycles. The van der Waals surface area contributed by atoms with Crippen molar-refractivity contribution in [2.45, 2.75) is 40.2 Å². The number of halogens is 1. The SMILES string of the molecule is CCCN(C(=O)Nc1cccc(Cl)c1)C(C)c1nc2ccccc2c(=O)n1-c1ccc(C)c(C)c1. The van der Waals surface area contributed by atoms with Crippen LogP contribution in [0.25, 0.3) is 16.6 Å². The van der Waals surface area contributed by atoms with E-state index in [4.69, 9.17) is 16.6 Å². The Bertz CT molecular complexity index is 1450. The van der Waals surface area contributed by atoms with Gasteiger partial charge < -0.3 is 10.2 Å². The van der Waals surface area contributed by atoms with Crippen molar-refractivity contribution in [3.8, 4) is 5.69 Å². The van der Waals surface area contributed by atoms with E-state index in [1.165, 1.54) is 0 Å². The number of rotatable bonds is 6. The summed E-state index contributed by atoms with van der Waals surface area (Å²) in [5.74, 6) is 0.506. The molecular weight excluding hydrogens is 460 g/mol. The summed E-state index contributed by atoms with van der Waals surface area (Å²) in [6, 6.07) is 19.5. The number of anilines is 1. The molecule has 2 amide bonds. The standard InChI is InChI=1S/C28H29ClN4O2/c1-5-15-32(28(35)30-22-10-8-9-21(29)17-22)20(4)26-31-25-12-7-6-11-24(25)27(34)33(26)23-14-13-18(2)19(3)16-23/h6-14,16-17,20H,5,15H2,1-4H3,(H,30,35). The van der Waals surface area contributed by atoms with E-state index in [9.17, 15) is 9.59 Å². The van der Waals surface area contributed by atoms with E-state index < -0.39 is 6.04 Å². The number of hydrogen-bond acceptors (Lipinski definition) is 3. The van der Waals surface area contributed by atoms with Crippen molar-refractivity contribution < 1.29 is 4.79 Å². The number of benzene rings is 3. The Morgan fingerprint density at radius 2 is 1.83 bits per heavy atom. The zero-order chi connectivity index (χ0) is 25.1. The molecule has 0 aliphatic rings. The lowest BCUT2D eigenvalue weighted by atomic mass is 10.1. The first kappa shape index (κ1) is 24.5. The lowest BCUT2D eigenvalue weighted by molar-refractivity contribution is 0.189. The van der Waals surface area contributed by atoms with Gasteiger partial charge in [-0.05, 0) is 80.8 Å². The smallest absolute Gasteiger partial charge is 0.315 e. The third-order valence-electron chi connectivity index (χ3n) is 6.19. The highest BCUT2D eigenvalue weighted by molar-refractivity contribution is 6.30. The van der Waals surface area contributed by atoms with E-state index in [-0.39, 0.29) is 11.6 Å². The Kier molecular flexibility index (Phi) is 7.22. The summed E-state index contributed by atoms with van der Waals surface area (Å²) >= 11 is 6.10. The maximum atomic E-state index is 13.7. The highest BCUT2D eigenvalue weighted by Crippen LogP contribution is 2.25. The average Bonchev–Trinajstić information content (AvgIpc) is 2.84. The van der Waals surface area contributed by atoms with Crippen LogP contribution in [0.4, 0.5) is 10.5 Å². The van der Waals surface area contributed by atoms with Gasteiger partial charge in [0, 0.05) is 17.3 Å². The number of nitrogens with one attached hydrogen (secondary N) is 1. The number of nitrogens with zero attached hydrogens (tertiary/aromatic N) is 3. The van der Waals surface area contributed by atoms with Crippen molar-refractivity contribution in [2.24, 2.45) is 0 Å². The summed E-state index contributed by atoms with van der Waals surface area (Å²) in [7, 11) is 0. The molecule has 0 radical (unpaired) electrons. The number of urea groups is 1. The molecule has 1 unspecified atom stereocenters. The first-order chi connectivity index (χ1) is 16.8. The molecule has 3 aromatic carbocycles. The minimum absolute atomic E-state index is 0.160. The van der Waals surface area contributed by atoms with E-state index in [1.54, 1.807) is 39.8 Å². The highest BCUT2D eigenvalue weighted by atomic mass is 35.5. The van der Waals surface area contributed by atoms with Crippen LogP contribution in [0, 0.1) is 13.8 Å². The Labute approximate surface area is 210 Å². The number of fused-ring (bicyclic) bond motifs is 1. The van der Waals surface area contributed by atoms with Gasteiger partial charge >= 0.3 is 6.03 Å². The van der Waals surface area contributed by atoms with Crippen molar-refractivity contribution in [1.29, 1.82) is 0 Å². The van der Waals surface area contributed by atoms with E-state index in [2.05, 4.69) is 5.32 Å². The van der Waals surface area contributed by atoms with Crippen molar-refractivity contribution in [3.05, 3.63) is 99.1 Å². The molecule has 0 fully saturated rings. The monoisotopic (exact) mass is 488 g/mol. The quantitative estimate of drug-likeness (QED) is 0.330. The summed E-state index contributed by atoms with van der Waals surface area (Å²) in [6.07, 6.45) is 0.745. The fraction of sp³-hybridized carbons (Fsp3) is 0.250. The molecule has 180 valence electrons. The normalized spacial score (nSPS) is 11.9. The molecule has 0 aliphatic carbocycles. The van der Waals surface area contributed by atoms with Crippen LogP contribution in [0.15, 0.2) is 71.5 Å². The molecule has 4 aromatic rings. The Morgan fingerprint density at radius 3 is 2.54 bits per heavy atom. The fourth-order valence-electron chi connectivity index (χ4n) is 4.16. The minimum Gasteiger partial charge on any atom is -0.315 e. The number of aromatic nitrogens is 2. The summed E-state index contributed by atoms with van der Waals surface area (Å²) in [4.78, 5) is 33.7. The molecule has 1 aromatic heterocycles. The lowest BCUT2D eigenvalue weighted by Crippen LogP contribution is -2.40. The van der Waals surface area contributed by atoms with Crippen LogP contribution in [-0.4, -0.2) is 27.0 Å². The van der Waals surface area contributed by atoms with Gasteiger partial charge in [0.2, 0.25) is 0 Å². The molecule has 1 N–H and O–H groups in total. The van der Waals surface area contributed by atoms with Crippen molar-refractivity contribution in [1.82, 2.24) is 14.5 Å². The Balaban J connectivity index is 1.84. The largest absolute Gasteiger partial charge is 0.322 e. The number of hydrogen-bond donors (Lipinski definition) is 1. The average molecular weight is 489 g/mol. The maximum absolute atomic E-state index is 13.7. The summed E-state index contributed by atoms with van der Waals surface area (Å²) in [6.45, 7) is 8.46. The van der Waals surface area contributed by atoms with Crippen molar-refractivity contribution in [2.75, 3.05) is 11.9 Å². The van der Waals surface area contributed by atoms with Gasteiger partial charge in [0.05, 0.1) is 22.6 Å². The van der Waals surface area contributed by atoms with E-state index in [0.717, 1.165) is 23.2 Å². The second-order valence-corrected chi connectivity index (χ2v) is 9.14. The zero-order valence-corrected chi connectivity index (χ0v) is 21.1. The molecule has 0 spiro atoms. The molecule has 0 saturated carbocycles. The number of para-hydroxylation sites is 1. The van der Waals surface area contributed by atoms with Crippen LogP contribution in [0.1, 0.15) is 43.3 Å². The first-order valence-electron chi connectivity index (χ1n) is 11.7. The summed E-state index contributed by atoms with van der Waals surface area (Å²) in [5.41, 5.74) is 3.99. The molecule has 4 rings (SSSR count). The van der Waals surface area contributed by atoms with Gasteiger partial charge in [0.1, 0.15) is 5.82 Å². The van der Waals surface area contributed by atoms with Gasteiger partial charge in [-0.1, -0.05) is 42.8 Å². The maximum Gasteiger partial charge on any atom is 0.322 e. The van der Waals surface area contributed by atoms with Gasteiger partial charge in [-0.3, -0.25) is 9.36 Å². The predicted octanol–water partition coefficient (Wildman–Crippen LogP) is 6.66. The predicted molar refractivity (Wildman–Crippen MR) is 143 cm³/mol. The number of amides is 2. The second kappa shape index (κ2) is 10.3. The number of aryl methyl sites for hydroxylation is 2. The van der Waals surface area contributed by atoms with E-state index in [1.807, 2.05) is 64.1 Å². The van der Waals surface area contributed by atoms with Crippen LogP contribution < -0.4 is 10.9 Å². The highest BCUT2D eigenvalue weighted by Gasteiger charge is 2.26. The van der Waals surface area contributed by atoms with Crippen molar-refractivity contribution in [3.63, 3.8) is 0 Å². The summed E-state index contributed by atoms with van der Waals surface area (Å²) in [5, 5.41) is 4.01. The fourth-order valence-corrected chi connectivity index (χ4v) is 4.35. The van der Waals surface area contributed by atoms with Crippen LogP contribution in [-0.2, 0) is 0 Å². The van der Waals surface area contributed by atoms with E-state index in [0.29, 0.717) is 34.0 Å². The minimum atomic E-state index is -0.479. The molecule has 7 heteroatoms. The zero-order valence-electron chi connectivity index (χ0n) is 20.4. The summed E-state index contributed by atoms with van der Waals surface area (Å²) < 4.78 is 1.63. The lowest BCUT2D eigenvalue weighted by Gasteiger charge is -2.30. The Hall–Kier alpha value is -3.64. The van der Waals surface area contributed by atoms with Crippen LogP contribution in [0.3, 0.4) is 0 Å². The third kappa shape index (κ3) is 5.08. The molecule has 1 heterocycles. The molecule has 6 nitrogen and oxygen atoms in total. The van der Waals surface area contributed by atoms with Gasteiger partial charge in [-0.2, -0.15) is 0 Å². The topological polar surface area (TPSA) is 67.2 Å². The third-order valence-corrected chi connectivity index (χ3v) is 6.43. The van der Waals surface area contributed by atoms with Crippen LogP contribution in [0.5, 0.6) is 0 Å². The van der Waals surface area contributed by atoms with E-state index >= 15 is 0 Å². The Morgan fingerprint density at radius 1 is 1.06 bits per heavy atom.